The van der Waals surface area contributed by atoms with Crippen molar-refractivity contribution in [2.75, 3.05) is 23.5 Å². The molecule has 0 saturated carbocycles. The van der Waals surface area contributed by atoms with Gasteiger partial charge in [0.1, 0.15) is 16.6 Å². The van der Waals surface area contributed by atoms with E-state index >= 15 is 0 Å². The van der Waals surface area contributed by atoms with Crippen molar-refractivity contribution >= 4 is 44.8 Å². The van der Waals surface area contributed by atoms with Crippen LogP contribution in [0.3, 0.4) is 0 Å². The predicted octanol–water partition coefficient (Wildman–Crippen LogP) is 2.22. The Morgan fingerprint density at radius 2 is 1.89 bits per heavy atom. The largest absolute Gasteiger partial charge is 0.497 e. The van der Waals surface area contributed by atoms with E-state index in [-0.39, 0.29) is 10.7 Å². The van der Waals surface area contributed by atoms with Crippen molar-refractivity contribution in [2.45, 2.75) is 0 Å². The lowest BCUT2D eigenvalue weighted by atomic mass is 10.2. The molecule has 2 aromatic heterocycles. The molecular formula is C17H16N6O3S. The average Bonchev–Trinajstić information content (AvgIpc) is 3.06. The van der Waals surface area contributed by atoms with Crippen LogP contribution in [0.4, 0.5) is 21.6 Å². The Kier molecular flexibility index (Phi) is 5.18. The number of aromatic nitrogens is 2. The Labute approximate surface area is 158 Å². The van der Waals surface area contributed by atoms with Gasteiger partial charge in [-0.3, -0.25) is 9.59 Å². The van der Waals surface area contributed by atoms with Gasteiger partial charge in [-0.1, -0.05) is 11.3 Å². The fourth-order valence-electron chi connectivity index (χ4n) is 2.15. The van der Waals surface area contributed by atoms with Gasteiger partial charge >= 0.3 is 0 Å². The smallest absolute Gasteiger partial charge is 0.270 e. The quantitative estimate of drug-likeness (QED) is 0.510. The highest BCUT2D eigenvalue weighted by molar-refractivity contribution is 7.20. The Balaban J connectivity index is 1.81. The van der Waals surface area contributed by atoms with Crippen LogP contribution in [0.5, 0.6) is 5.75 Å². The SMILES string of the molecule is COc1ccc(C(=O)Nc2sc(Nc3ccc(N)nc3)nc2C(N)=O)cc1. The summed E-state index contributed by atoms with van der Waals surface area (Å²) >= 11 is 1.08. The molecule has 0 saturated heterocycles. The normalized spacial score (nSPS) is 10.3. The zero-order chi connectivity index (χ0) is 19.4. The number of carbonyl (C=O) groups excluding carboxylic acids is 2. The number of nitrogens with two attached hydrogens (primary N) is 2. The van der Waals surface area contributed by atoms with E-state index in [0.717, 1.165) is 11.3 Å². The lowest BCUT2D eigenvalue weighted by Crippen LogP contribution is -2.17. The number of nitrogens with one attached hydrogen (secondary N) is 2. The van der Waals surface area contributed by atoms with Gasteiger partial charge in [0.15, 0.2) is 10.8 Å². The average molecular weight is 384 g/mol. The van der Waals surface area contributed by atoms with Crippen molar-refractivity contribution in [1.29, 1.82) is 0 Å². The van der Waals surface area contributed by atoms with Gasteiger partial charge in [0.25, 0.3) is 11.8 Å². The first-order valence-electron chi connectivity index (χ1n) is 7.71. The molecule has 27 heavy (non-hydrogen) atoms. The molecule has 6 N–H and O–H groups in total. The minimum absolute atomic E-state index is 0.0345. The highest BCUT2D eigenvalue weighted by atomic mass is 32.1. The highest BCUT2D eigenvalue weighted by Crippen LogP contribution is 2.31. The number of primary amides is 1. The van der Waals surface area contributed by atoms with Crippen LogP contribution >= 0.6 is 11.3 Å². The minimum atomic E-state index is -0.750. The highest BCUT2D eigenvalue weighted by Gasteiger charge is 2.19. The van der Waals surface area contributed by atoms with Crippen LogP contribution in [0.2, 0.25) is 0 Å². The number of carbonyl (C=O) groups is 2. The van der Waals surface area contributed by atoms with Crippen LogP contribution in [0.1, 0.15) is 20.8 Å². The van der Waals surface area contributed by atoms with Crippen LogP contribution in [-0.2, 0) is 0 Å². The number of nitrogens with zero attached hydrogens (tertiary/aromatic N) is 2. The summed E-state index contributed by atoms with van der Waals surface area (Å²) in [6.07, 6.45) is 1.52. The molecule has 0 spiro atoms. The first kappa shape index (κ1) is 18.1. The lowest BCUT2D eigenvalue weighted by Gasteiger charge is -2.05. The second-order valence-corrected chi connectivity index (χ2v) is 6.34. The molecule has 2 amide bonds. The van der Waals surface area contributed by atoms with Crippen LogP contribution in [0.15, 0.2) is 42.6 Å². The molecule has 0 aliphatic carbocycles. The lowest BCUT2D eigenvalue weighted by molar-refractivity contribution is 0.0997. The fraction of sp³-hybridized carbons (Fsp3) is 0.0588. The van der Waals surface area contributed by atoms with Gasteiger partial charge in [-0.05, 0) is 36.4 Å². The zero-order valence-electron chi connectivity index (χ0n) is 14.2. The second-order valence-electron chi connectivity index (χ2n) is 5.34. The number of hydrogen-bond acceptors (Lipinski definition) is 8. The van der Waals surface area contributed by atoms with E-state index < -0.39 is 11.8 Å². The number of nitrogen functional groups attached to an aromatic ring is 1. The Bertz CT molecular complexity index is 969. The Morgan fingerprint density at radius 3 is 2.48 bits per heavy atom. The summed E-state index contributed by atoms with van der Waals surface area (Å²) < 4.78 is 5.06. The van der Waals surface area contributed by atoms with E-state index in [2.05, 4.69) is 20.6 Å². The van der Waals surface area contributed by atoms with Crippen LogP contribution in [0, 0.1) is 0 Å². The predicted molar refractivity (Wildman–Crippen MR) is 104 cm³/mol. The van der Waals surface area contributed by atoms with E-state index in [1.165, 1.54) is 13.3 Å². The summed E-state index contributed by atoms with van der Waals surface area (Å²) in [5, 5.41) is 6.27. The molecule has 10 heteroatoms. The number of ether oxygens (including phenoxy) is 1. The van der Waals surface area contributed by atoms with Gasteiger partial charge in [-0.15, -0.1) is 0 Å². The maximum Gasteiger partial charge on any atom is 0.270 e. The van der Waals surface area contributed by atoms with Crippen molar-refractivity contribution in [3.63, 3.8) is 0 Å². The molecule has 3 aromatic rings. The summed E-state index contributed by atoms with van der Waals surface area (Å²) in [5.41, 5.74) is 11.9. The summed E-state index contributed by atoms with van der Waals surface area (Å²) in [5.74, 6) is -0.139. The fourth-order valence-corrected chi connectivity index (χ4v) is 3.03. The molecule has 138 valence electrons. The van der Waals surface area contributed by atoms with Crippen LogP contribution < -0.4 is 26.8 Å². The molecule has 3 rings (SSSR count). The van der Waals surface area contributed by atoms with E-state index in [1.807, 2.05) is 0 Å². The van der Waals surface area contributed by atoms with E-state index in [1.54, 1.807) is 36.4 Å². The zero-order valence-corrected chi connectivity index (χ0v) is 15.0. The van der Waals surface area contributed by atoms with Crippen molar-refractivity contribution in [3.05, 3.63) is 53.9 Å². The molecule has 2 heterocycles. The van der Waals surface area contributed by atoms with Crippen LogP contribution in [-0.4, -0.2) is 28.9 Å². The topological polar surface area (TPSA) is 145 Å². The number of benzene rings is 1. The molecule has 1 aromatic carbocycles. The molecule has 0 bridgehead atoms. The number of methoxy groups -OCH3 is 1. The molecule has 0 unspecified atom stereocenters. The summed E-state index contributed by atoms with van der Waals surface area (Å²) in [6, 6.07) is 9.88. The van der Waals surface area contributed by atoms with Crippen molar-refractivity contribution in [3.8, 4) is 5.75 Å². The number of amides is 2. The van der Waals surface area contributed by atoms with Gasteiger partial charge < -0.3 is 26.8 Å². The van der Waals surface area contributed by atoms with Crippen LogP contribution in [0.25, 0.3) is 0 Å². The molecule has 0 aliphatic rings. The maximum atomic E-state index is 12.4. The minimum Gasteiger partial charge on any atom is -0.497 e. The van der Waals surface area contributed by atoms with Gasteiger partial charge in [-0.25, -0.2) is 9.97 Å². The second kappa shape index (κ2) is 7.70. The third-order valence-electron chi connectivity index (χ3n) is 3.48. The molecule has 0 radical (unpaired) electrons. The number of hydrogen-bond donors (Lipinski definition) is 4. The van der Waals surface area contributed by atoms with Crippen molar-refractivity contribution < 1.29 is 14.3 Å². The molecule has 0 aliphatic heterocycles. The first-order chi connectivity index (χ1) is 13.0. The Hall–Kier alpha value is -3.66. The number of pyridine rings is 1. The number of rotatable bonds is 6. The monoisotopic (exact) mass is 384 g/mol. The maximum absolute atomic E-state index is 12.4. The molecular weight excluding hydrogens is 368 g/mol. The summed E-state index contributed by atoms with van der Waals surface area (Å²) in [7, 11) is 1.54. The van der Waals surface area contributed by atoms with Gasteiger partial charge in [0.2, 0.25) is 0 Å². The summed E-state index contributed by atoms with van der Waals surface area (Å²) in [6.45, 7) is 0. The molecule has 9 nitrogen and oxygen atoms in total. The summed E-state index contributed by atoms with van der Waals surface area (Å²) in [4.78, 5) is 32.2. The standard InChI is InChI=1S/C17H16N6O3S/c1-26-11-5-2-9(3-6-11)15(25)23-16-13(14(19)24)22-17(27-16)21-10-4-7-12(18)20-8-10/h2-8H,1H3,(H2,18,20)(H2,19,24)(H,21,22)(H,23,25). The van der Waals surface area contributed by atoms with E-state index in [4.69, 9.17) is 16.2 Å². The molecule has 0 fully saturated rings. The van der Waals surface area contributed by atoms with Gasteiger partial charge in [0, 0.05) is 5.56 Å². The molecule has 0 atom stereocenters. The Morgan fingerprint density at radius 1 is 1.15 bits per heavy atom. The van der Waals surface area contributed by atoms with Gasteiger partial charge in [0.05, 0.1) is 19.0 Å². The van der Waals surface area contributed by atoms with Crippen molar-refractivity contribution in [2.24, 2.45) is 5.73 Å². The number of thiazole rings is 1. The third kappa shape index (κ3) is 4.30. The van der Waals surface area contributed by atoms with Gasteiger partial charge in [-0.2, -0.15) is 0 Å². The first-order valence-corrected chi connectivity index (χ1v) is 8.52. The number of anilines is 4. The van der Waals surface area contributed by atoms with Crippen molar-refractivity contribution in [1.82, 2.24) is 9.97 Å². The third-order valence-corrected chi connectivity index (χ3v) is 4.36. The van der Waals surface area contributed by atoms with E-state index in [0.29, 0.717) is 27.9 Å². The van der Waals surface area contributed by atoms with E-state index in [9.17, 15) is 9.59 Å².